The predicted molar refractivity (Wildman–Crippen MR) is 109 cm³/mol. The van der Waals surface area contributed by atoms with E-state index in [0.29, 0.717) is 6.54 Å². The van der Waals surface area contributed by atoms with E-state index in [-0.39, 0.29) is 29.5 Å². The number of aliphatic imine (C=N–C) groups is 1. The van der Waals surface area contributed by atoms with Crippen molar-refractivity contribution in [3.63, 3.8) is 0 Å². The summed E-state index contributed by atoms with van der Waals surface area (Å²) in [6, 6.07) is 7.98. The van der Waals surface area contributed by atoms with Crippen LogP contribution < -0.4 is 20.7 Å². The molecule has 3 N–H and O–H groups in total. The molecule has 0 atom stereocenters. The molecule has 0 radical (unpaired) electrons. The number of methoxy groups -OCH3 is 1. The van der Waals surface area contributed by atoms with Crippen LogP contribution in [0.25, 0.3) is 0 Å². The van der Waals surface area contributed by atoms with Gasteiger partial charge in [-0.3, -0.25) is 0 Å². The van der Waals surface area contributed by atoms with Gasteiger partial charge in [-0.05, 0) is 45.4 Å². The maximum absolute atomic E-state index is 5.16. The van der Waals surface area contributed by atoms with E-state index in [2.05, 4.69) is 48.6 Å². The normalized spacial score (nSPS) is 11.6. The number of benzene rings is 1. The van der Waals surface area contributed by atoms with E-state index in [9.17, 15) is 0 Å². The van der Waals surface area contributed by atoms with Crippen molar-refractivity contribution in [1.29, 1.82) is 0 Å². The molecular formula is C17H31IN4O. The van der Waals surface area contributed by atoms with Crippen molar-refractivity contribution in [2.45, 2.75) is 39.8 Å². The van der Waals surface area contributed by atoms with E-state index in [0.717, 1.165) is 36.9 Å². The van der Waals surface area contributed by atoms with Gasteiger partial charge < -0.3 is 20.7 Å². The summed E-state index contributed by atoms with van der Waals surface area (Å²) >= 11 is 0. The topological polar surface area (TPSA) is 57.7 Å². The molecule has 5 nitrogen and oxygen atoms in total. The molecular weight excluding hydrogens is 403 g/mol. The standard InChI is InChI=1S/C17H30N4O.HI/c1-6-18-16(19-11-12-21-17(2,3)4)20-13-14-7-9-15(22-5)10-8-14;/h7-10,21H,6,11-13H2,1-5H3,(H2,18,19,20);1H. The predicted octanol–water partition coefficient (Wildman–Crippen LogP) is 2.76. The number of guanidine groups is 1. The molecule has 6 heteroatoms. The van der Waals surface area contributed by atoms with Crippen molar-refractivity contribution in [3.8, 4) is 5.75 Å². The maximum Gasteiger partial charge on any atom is 0.191 e. The average molecular weight is 434 g/mol. The first kappa shape index (κ1) is 22.0. The van der Waals surface area contributed by atoms with Gasteiger partial charge in [0.25, 0.3) is 0 Å². The van der Waals surface area contributed by atoms with Crippen LogP contribution in [-0.2, 0) is 6.54 Å². The highest BCUT2D eigenvalue weighted by Gasteiger charge is 2.07. The van der Waals surface area contributed by atoms with Crippen molar-refractivity contribution in [3.05, 3.63) is 29.8 Å². The summed E-state index contributed by atoms with van der Waals surface area (Å²) in [4.78, 5) is 4.60. The SMILES string of the molecule is CCNC(=NCc1ccc(OC)cc1)NCCNC(C)(C)C.I. The van der Waals surface area contributed by atoms with Gasteiger partial charge in [0.2, 0.25) is 0 Å². The number of nitrogens with zero attached hydrogens (tertiary/aromatic N) is 1. The zero-order valence-corrected chi connectivity index (χ0v) is 17.2. The van der Waals surface area contributed by atoms with Gasteiger partial charge in [-0.25, -0.2) is 4.99 Å². The van der Waals surface area contributed by atoms with Crippen LogP contribution in [0.2, 0.25) is 0 Å². The molecule has 0 aliphatic carbocycles. The van der Waals surface area contributed by atoms with Crippen LogP contribution >= 0.6 is 24.0 Å². The Bertz CT molecular complexity index is 455. The molecule has 0 saturated heterocycles. The number of halogens is 1. The second kappa shape index (κ2) is 11.5. The highest BCUT2D eigenvalue weighted by atomic mass is 127. The minimum absolute atomic E-state index is 0. The molecule has 0 spiro atoms. The van der Waals surface area contributed by atoms with Gasteiger partial charge >= 0.3 is 0 Å². The Morgan fingerprint density at radius 1 is 1.09 bits per heavy atom. The highest BCUT2D eigenvalue weighted by molar-refractivity contribution is 14.0. The van der Waals surface area contributed by atoms with Gasteiger partial charge in [-0.1, -0.05) is 12.1 Å². The number of nitrogens with one attached hydrogen (secondary N) is 3. The zero-order chi connectivity index (χ0) is 16.4. The Morgan fingerprint density at radius 2 is 1.74 bits per heavy atom. The maximum atomic E-state index is 5.16. The van der Waals surface area contributed by atoms with Crippen LogP contribution in [0.15, 0.2) is 29.3 Å². The first-order valence-corrected chi connectivity index (χ1v) is 7.84. The lowest BCUT2D eigenvalue weighted by Gasteiger charge is -2.21. The van der Waals surface area contributed by atoms with Gasteiger partial charge in [-0.15, -0.1) is 24.0 Å². The first-order chi connectivity index (χ1) is 10.4. The summed E-state index contributed by atoms with van der Waals surface area (Å²) in [5, 5.41) is 10.0. The van der Waals surface area contributed by atoms with Crippen LogP contribution in [0.1, 0.15) is 33.3 Å². The Balaban J connectivity index is 0.00000484. The third-order valence-electron chi connectivity index (χ3n) is 3.00. The van der Waals surface area contributed by atoms with Gasteiger partial charge in [0, 0.05) is 25.2 Å². The molecule has 0 heterocycles. The fourth-order valence-electron chi connectivity index (χ4n) is 1.86. The van der Waals surface area contributed by atoms with Crippen molar-refractivity contribution in [2.24, 2.45) is 4.99 Å². The van der Waals surface area contributed by atoms with Crippen LogP contribution in [0.3, 0.4) is 0 Å². The molecule has 0 aliphatic rings. The van der Waals surface area contributed by atoms with Gasteiger partial charge in [0.15, 0.2) is 5.96 Å². The van der Waals surface area contributed by atoms with Crippen LogP contribution in [0.5, 0.6) is 5.75 Å². The Kier molecular flexibility index (Phi) is 11.0. The van der Waals surface area contributed by atoms with E-state index in [4.69, 9.17) is 4.74 Å². The van der Waals surface area contributed by atoms with Crippen molar-refractivity contribution in [1.82, 2.24) is 16.0 Å². The second-order valence-electron chi connectivity index (χ2n) is 6.15. The molecule has 0 saturated carbocycles. The average Bonchev–Trinajstić information content (AvgIpc) is 2.48. The van der Waals surface area contributed by atoms with Crippen LogP contribution in [-0.4, -0.2) is 38.2 Å². The summed E-state index contributed by atoms with van der Waals surface area (Å²) in [6.45, 7) is 11.8. The molecule has 0 aliphatic heterocycles. The lowest BCUT2D eigenvalue weighted by molar-refractivity contribution is 0.414. The molecule has 1 aromatic rings. The monoisotopic (exact) mass is 434 g/mol. The molecule has 1 rings (SSSR count). The van der Waals surface area contributed by atoms with Gasteiger partial charge in [0.1, 0.15) is 5.75 Å². The molecule has 1 aromatic carbocycles. The molecule has 0 aromatic heterocycles. The molecule has 23 heavy (non-hydrogen) atoms. The highest BCUT2D eigenvalue weighted by Crippen LogP contribution is 2.11. The van der Waals surface area contributed by atoms with E-state index in [1.54, 1.807) is 7.11 Å². The van der Waals surface area contributed by atoms with Crippen LogP contribution in [0, 0.1) is 0 Å². The fraction of sp³-hybridized carbons (Fsp3) is 0.588. The second-order valence-corrected chi connectivity index (χ2v) is 6.15. The van der Waals surface area contributed by atoms with E-state index in [1.807, 2.05) is 24.3 Å². The van der Waals surface area contributed by atoms with Crippen LogP contribution in [0.4, 0.5) is 0 Å². The minimum atomic E-state index is 0. The fourth-order valence-corrected chi connectivity index (χ4v) is 1.86. The van der Waals surface area contributed by atoms with Crippen molar-refractivity contribution in [2.75, 3.05) is 26.7 Å². The third-order valence-corrected chi connectivity index (χ3v) is 3.00. The van der Waals surface area contributed by atoms with E-state index < -0.39 is 0 Å². The lowest BCUT2D eigenvalue weighted by Crippen LogP contribution is -2.44. The number of ether oxygens (including phenoxy) is 1. The van der Waals surface area contributed by atoms with Gasteiger partial charge in [0.05, 0.1) is 13.7 Å². The zero-order valence-electron chi connectivity index (χ0n) is 14.9. The summed E-state index contributed by atoms with van der Waals surface area (Å²) in [7, 11) is 1.67. The summed E-state index contributed by atoms with van der Waals surface area (Å²) in [6.07, 6.45) is 0. The summed E-state index contributed by atoms with van der Waals surface area (Å²) in [5.74, 6) is 1.71. The molecule has 0 amide bonds. The van der Waals surface area contributed by atoms with E-state index >= 15 is 0 Å². The molecule has 132 valence electrons. The van der Waals surface area contributed by atoms with Crippen molar-refractivity contribution < 1.29 is 4.74 Å². The smallest absolute Gasteiger partial charge is 0.191 e. The van der Waals surface area contributed by atoms with E-state index in [1.165, 1.54) is 0 Å². The molecule has 0 fully saturated rings. The Labute approximate surface area is 157 Å². The summed E-state index contributed by atoms with van der Waals surface area (Å²) in [5.41, 5.74) is 1.30. The lowest BCUT2D eigenvalue weighted by atomic mass is 10.1. The number of rotatable bonds is 7. The summed E-state index contributed by atoms with van der Waals surface area (Å²) < 4.78 is 5.16. The van der Waals surface area contributed by atoms with Gasteiger partial charge in [-0.2, -0.15) is 0 Å². The quantitative estimate of drug-likeness (QED) is 0.267. The molecule has 0 unspecified atom stereocenters. The molecule has 0 bridgehead atoms. The Hall–Kier alpha value is -1.02. The first-order valence-electron chi connectivity index (χ1n) is 7.84. The minimum Gasteiger partial charge on any atom is -0.497 e. The Morgan fingerprint density at radius 3 is 2.26 bits per heavy atom. The largest absolute Gasteiger partial charge is 0.497 e. The third kappa shape index (κ3) is 10.4. The number of hydrogen-bond donors (Lipinski definition) is 3. The number of hydrogen-bond acceptors (Lipinski definition) is 3. The van der Waals surface area contributed by atoms with Crippen molar-refractivity contribution >= 4 is 29.9 Å².